The van der Waals surface area contributed by atoms with Crippen molar-refractivity contribution in [3.8, 4) is 56.4 Å². The molecule has 0 unspecified atom stereocenters. The molecule has 2 heterocycles. The van der Waals surface area contributed by atoms with E-state index in [1.807, 2.05) is 0 Å². The van der Waals surface area contributed by atoms with Gasteiger partial charge in [0.1, 0.15) is 11.2 Å². The maximum atomic E-state index is 6.81. The van der Waals surface area contributed by atoms with Crippen molar-refractivity contribution in [2.24, 2.45) is 0 Å². The molecule has 292 valence electrons. The van der Waals surface area contributed by atoms with Crippen molar-refractivity contribution >= 4 is 75.8 Å². The summed E-state index contributed by atoms with van der Waals surface area (Å²) in [5, 5.41) is 13.7. The van der Waals surface area contributed by atoms with Gasteiger partial charge in [0, 0.05) is 27.5 Å². The van der Waals surface area contributed by atoms with Gasteiger partial charge in [0.05, 0.1) is 0 Å². The summed E-state index contributed by atoms with van der Waals surface area (Å²) in [5.41, 5.74) is 8.98. The van der Waals surface area contributed by atoms with Crippen LogP contribution in [0.15, 0.2) is 217 Å². The monoisotopic (exact) mass is 801 g/mol. The van der Waals surface area contributed by atoms with Gasteiger partial charge in [-0.15, -0.1) is 0 Å². The lowest BCUT2D eigenvalue weighted by molar-refractivity contribution is 0.669. The van der Waals surface area contributed by atoms with E-state index >= 15 is 0 Å². The number of aromatic nitrogens is 3. The van der Waals surface area contributed by atoms with Gasteiger partial charge >= 0.3 is 0 Å². The van der Waals surface area contributed by atoms with Gasteiger partial charge in [-0.25, -0.2) is 15.0 Å². The fourth-order valence-corrected chi connectivity index (χ4v) is 9.48. The van der Waals surface area contributed by atoms with Crippen LogP contribution in [0.1, 0.15) is 0 Å². The number of nitrogens with zero attached hydrogens (tertiary/aromatic N) is 3. The van der Waals surface area contributed by atoms with Gasteiger partial charge in [-0.1, -0.05) is 164 Å². The van der Waals surface area contributed by atoms with Crippen LogP contribution in [0.3, 0.4) is 0 Å². The van der Waals surface area contributed by atoms with Gasteiger partial charge in [0.25, 0.3) is 0 Å². The SMILES string of the molecule is c1ccc2cc(-c3cc(-c4ccc(-c5nc(-c6ccc7ccccc7c6)nc(-c6ccc7ccccc7c6)n5)c5ccccc45)c4c(c3)oc3cc5ccccc5cc34)ccc2c1. The van der Waals surface area contributed by atoms with E-state index in [1.165, 1.54) is 26.9 Å². The smallest absolute Gasteiger partial charge is 0.164 e. The van der Waals surface area contributed by atoms with Gasteiger partial charge in [0.15, 0.2) is 17.5 Å². The molecule has 63 heavy (non-hydrogen) atoms. The van der Waals surface area contributed by atoms with Crippen LogP contribution < -0.4 is 0 Å². The summed E-state index contributed by atoms with van der Waals surface area (Å²) >= 11 is 0. The largest absolute Gasteiger partial charge is 0.456 e. The predicted octanol–water partition coefficient (Wildman–Crippen LogP) is 15.9. The summed E-state index contributed by atoms with van der Waals surface area (Å²) in [6, 6.07) is 75.4. The first kappa shape index (κ1) is 35.3. The molecular weight excluding hydrogens is 767 g/mol. The highest BCUT2D eigenvalue weighted by Gasteiger charge is 2.21. The van der Waals surface area contributed by atoms with E-state index in [4.69, 9.17) is 19.4 Å². The van der Waals surface area contributed by atoms with E-state index in [9.17, 15) is 0 Å². The summed E-state index contributed by atoms with van der Waals surface area (Å²) in [6.45, 7) is 0. The maximum Gasteiger partial charge on any atom is 0.164 e. The van der Waals surface area contributed by atoms with Crippen LogP contribution in [-0.2, 0) is 0 Å². The molecule has 0 radical (unpaired) electrons. The molecule has 0 aliphatic heterocycles. The molecule has 0 N–H and O–H groups in total. The van der Waals surface area contributed by atoms with Crippen LogP contribution in [0.2, 0.25) is 0 Å². The van der Waals surface area contributed by atoms with Gasteiger partial charge in [-0.3, -0.25) is 0 Å². The highest BCUT2D eigenvalue weighted by molar-refractivity contribution is 6.19. The Morgan fingerprint density at radius 3 is 1.29 bits per heavy atom. The van der Waals surface area contributed by atoms with E-state index in [2.05, 4.69) is 212 Å². The molecule has 0 saturated carbocycles. The Hall–Kier alpha value is -8.47. The van der Waals surface area contributed by atoms with Gasteiger partial charge in [0.2, 0.25) is 0 Å². The number of hydrogen-bond donors (Lipinski definition) is 0. The number of furan rings is 1. The molecule has 0 spiro atoms. The molecule has 0 amide bonds. The summed E-state index contributed by atoms with van der Waals surface area (Å²) in [6.07, 6.45) is 0. The quantitative estimate of drug-likeness (QED) is 0.174. The van der Waals surface area contributed by atoms with E-state index in [0.29, 0.717) is 17.5 Å². The Morgan fingerprint density at radius 1 is 0.254 bits per heavy atom. The van der Waals surface area contributed by atoms with Crippen LogP contribution in [0.5, 0.6) is 0 Å². The molecule has 0 fully saturated rings. The zero-order valence-corrected chi connectivity index (χ0v) is 34.0. The topological polar surface area (TPSA) is 51.8 Å². The standard InChI is InChI=1S/C59H35N3O/c1-4-14-39-29-44(24-21-36(39)11-1)47-33-52(56-53-32-42-17-7-8-18-43(42)34-54(53)63-55(56)35-47)50-27-28-51(49-20-10-9-19-48(49)50)59-61-57(45-25-22-37-12-2-5-15-40(37)30-45)60-58(62-59)46-26-23-38-13-3-6-16-41(38)31-46/h1-35H. The van der Waals surface area contributed by atoms with Crippen LogP contribution in [0, 0.1) is 0 Å². The van der Waals surface area contributed by atoms with Crippen LogP contribution in [0.4, 0.5) is 0 Å². The Labute approximate surface area is 362 Å². The molecule has 0 aliphatic carbocycles. The fourth-order valence-electron chi connectivity index (χ4n) is 9.48. The minimum Gasteiger partial charge on any atom is -0.456 e. The molecule has 4 heteroatoms. The lowest BCUT2D eigenvalue weighted by atomic mass is 9.89. The average Bonchev–Trinajstić information content (AvgIpc) is 3.71. The number of benzene rings is 11. The third-order valence-corrected chi connectivity index (χ3v) is 12.6. The number of fused-ring (bicyclic) bond motifs is 8. The third kappa shape index (κ3) is 5.95. The maximum absolute atomic E-state index is 6.81. The molecular formula is C59H35N3O. The second-order valence-corrected chi connectivity index (χ2v) is 16.4. The van der Waals surface area contributed by atoms with Crippen molar-refractivity contribution in [1.82, 2.24) is 15.0 Å². The lowest BCUT2D eigenvalue weighted by Crippen LogP contribution is -2.01. The number of hydrogen-bond acceptors (Lipinski definition) is 4. The summed E-state index contributed by atoms with van der Waals surface area (Å²) in [7, 11) is 0. The van der Waals surface area contributed by atoms with Crippen molar-refractivity contribution in [3.05, 3.63) is 212 Å². The van der Waals surface area contributed by atoms with E-state index in [0.717, 1.165) is 87.8 Å². The molecule has 0 bridgehead atoms. The molecule has 11 aromatic carbocycles. The molecule has 13 rings (SSSR count). The van der Waals surface area contributed by atoms with Gasteiger partial charge in [-0.05, 0) is 125 Å². The van der Waals surface area contributed by atoms with Crippen molar-refractivity contribution in [1.29, 1.82) is 0 Å². The second kappa shape index (κ2) is 14.1. The first-order valence-electron chi connectivity index (χ1n) is 21.3. The Balaban J connectivity index is 1.05. The number of rotatable bonds is 5. The molecule has 0 atom stereocenters. The van der Waals surface area contributed by atoms with Crippen molar-refractivity contribution in [3.63, 3.8) is 0 Å². The van der Waals surface area contributed by atoms with Crippen molar-refractivity contribution in [2.75, 3.05) is 0 Å². The van der Waals surface area contributed by atoms with Crippen LogP contribution in [-0.4, -0.2) is 15.0 Å². The zero-order valence-electron chi connectivity index (χ0n) is 34.0. The van der Waals surface area contributed by atoms with Gasteiger partial charge in [-0.2, -0.15) is 0 Å². The summed E-state index contributed by atoms with van der Waals surface area (Å²) in [4.78, 5) is 15.7. The highest BCUT2D eigenvalue weighted by atomic mass is 16.3. The van der Waals surface area contributed by atoms with E-state index < -0.39 is 0 Å². The summed E-state index contributed by atoms with van der Waals surface area (Å²) in [5.74, 6) is 1.88. The van der Waals surface area contributed by atoms with Gasteiger partial charge < -0.3 is 4.42 Å². The minimum atomic E-state index is 0.620. The molecule has 0 saturated heterocycles. The van der Waals surface area contributed by atoms with Crippen LogP contribution in [0.25, 0.3) is 132 Å². The third-order valence-electron chi connectivity index (χ3n) is 12.6. The van der Waals surface area contributed by atoms with E-state index in [-0.39, 0.29) is 0 Å². The van der Waals surface area contributed by atoms with E-state index in [1.54, 1.807) is 0 Å². The minimum absolute atomic E-state index is 0.620. The highest BCUT2D eigenvalue weighted by Crippen LogP contribution is 2.45. The average molecular weight is 802 g/mol. The zero-order chi connectivity index (χ0) is 41.4. The predicted molar refractivity (Wildman–Crippen MR) is 262 cm³/mol. The molecule has 0 aliphatic rings. The summed E-state index contributed by atoms with van der Waals surface area (Å²) < 4.78 is 6.81. The first-order chi connectivity index (χ1) is 31.2. The van der Waals surface area contributed by atoms with Crippen molar-refractivity contribution < 1.29 is 4.42 Å². The first-order valence-corrected chi connectivity index (χ1v) is 21.3. The fraction of sp³-hybridized carbons (Fsp3) is 0. The Bertz CT molecular complexity index is 3900. The second-order valence-electron chi connectivity index (χ2n) is 16.4. The Kier molecular flexibility index (Phi) is 7.87. The lowest BCUT2D eigenvalue weighted by Gasteiger charge is -2.15. The molecule has 4 nitrogen and oxygen atoms in total. The normalized spacial score (nSPS) is 11.8. The molecule has 13 aromatic rings. The van der Waals surface area contributed by atoms with Crippen molar-refractivity contribution in [2.45, 2.75) is 0 Å². The molecule has 2 aromatic heterocycles. The Morgan fingerprint density at radius 2 is 0.698 bits per heavy atom. The van der Waals surface area contributed by atoms with Crippen LogP contribution >= 0.6 is 0 Å².